The molecular weight excluding hydrogens is 421 g/mol. The first-order valence-electron chi connectivity index (χ1n) is 9.06. The van der Waals surface area contributed by atoms with Crippen LogP contribution in [0.15, 0.2) is 42.5 Å². The highest BCUT2D eigenvalue weighted by Gasteiger charge is 2.31. The van der Waals surface area contributed by atoms with E-state index in [0.29, 0.717) is 11.4 Å². The van der Waals surface area contributed by atoms with Gasteiger partial charge in [0.2, 0.25) is 15.9 Å². The van der Waals surface area contributed by atoms with Crippen LogP contribution in [0.5, 0.6) is 5.75 Å². The summed E-state index contributed by atoms with van der Waals surface area (Å²) in [4.78, 5) is 12.1. The van der Waals surface area contributed by atoms with E-state index in [0.717, 1.165) is 29.5 Å². The first-order valence-corrected chi connectivity index (χ1v) is 10.9. The van der Waals surface area contributed by atoms with Crippen molar-refractivity contribution in [2.45, 2.75) is 33.1 Å². The smallest absolute Gasteiger partial charge is 0.406 e. The molecule has 0 aromatic heterocycles. The Bertz CT molecular complexity index is 990. The molecule has 0 aliphatic heterocycles. The molecule has 2 aromatic carbocycles. The third-order valence-electron chi connectivity index (χ3n) is 4.38. The molecule has 0 bridgehead atoms. The summed E-state index contributed by atoms with van der Waals surface area (Å²) in [6.45, 7) is 3.84. The lowest BCUT2D eigenvalue weighted by atomic mass is 10.1. The Labute approximate surface area is 173 Å². The Balaban J connectivity index is 1.95. The minimum atomic E-state index is -4.79. The second-order valence-corrected chi connectivity index (χ2v) is 8.68. The minimum Gasteiger partial charge on any atom is -0.406 e. The Morgan fingerprint density at radius 2 is 1.73 bits per heavy atom. The van der Waals surface area contributed by atoms with E-state index in [2.05, 4.69) is 10.1 Å². The van der Waals surface area contributed by atoms with Crippen LogP contribution in [0.3, 0.4) is 0 Å². The molecule has 2 rings (SSSR count). The van der Waals surface area contributed by atoms with Crippen LogP contribution in [0.4, 0.5) is 24.5 Å². The molecule has 0 saturated heterocycles. The van der Waals surface area contributed by atoms with Crippen LogP contribution >= 0.6 is 0 Å². The van der Waals surface area contributed by atoms with Crippen molar-refractivity contribution in [3.63, 3.8) is 0 Å². The molecule has 1 amide bonds. The SMILES string of the molecule is Cc1cccc(N(CCCC(=O)Nc2ccc(OC(F)(F)F)cc2)S(C)(=O)=O)c1C. The van der Waals surface area contributed by atoms with Crippen LogP contribution in [0, 0.1) is 13.8 Å². The van der Waals surface area contributed by atoms with Crippen LogP contribution in [0.2, 0.25) is 0 Å². The molecule has 2 aromatic rings. The molecule has 0 saturated carbocycles. The number of ether oxygens (including phenoxy) is 1. The zero-order chi connectivity index (χ0) is 22.5. The predicted molar refractivity (Wildman–Crippen MR) is 109 cm³/mol. The van der Waals surface area contributed by atoms with Gasteiger partial charge in [-0.25, -0.2) is 8.42 Å². The van der Waals surface area contributed by atoms with Crippen LogP contribution in [-0.4, -0.2) is 33.5 Å². The second kappa shape index (κ2) is 9.38. The van der Waals surface area contributed by atoms with E-state index >= 15 is 0 Å². The van der Waals surface area contributed by atoms with E-state index in [1.807, 2.05) is 19.9 Å². The number of carbonyl (C=O) groups is 1. The van der Waals surface area contributed by atoms with Crippen molar-refractivity contribution < 1.29 is 31.1 Å². The summed E-state index contributed by atoms with van der Waals surface area (Å²) in [6, 6.07) is 10.1. The van der Waals surface area contributed by atoms with Gasteiger partial charge in [0.1, 0.15) is 5.75 Å². The number of carbonyl (C=O) groups excluding carboxylic acids is 1. The van der Waals surface area contributed by atoms with E-state index in [1.54, 1.807) is 12.1 Å². The van der Waals surface area contributed by atoms with E-state index in [1.165, 1.54) is 16.4 Å². The quantitative estimate of drug-likeness (QED) is 0.655. The molecule has 0 spiro atoms. The van der Waals surface area contributed by atoms with Gasteiger partial charge < -0.3 is 10.1 Å². The molecule has 6 nitrogen and oxygen atoms in total. The molecule has 0 aliphatic rings. The Morgan fingerprint density at radius 3 is 2.30 bits per heavy atom. The van der Waals surface area contributed by atoms with Crippen molar-refractivity contribution in [1.82, 2.24) is 0 Å². The monoisotopic (exact) mass is 444 g/mol. The first-order chi connectivity index (χ1) is 13.9. The number of amides is 1. The molecule has 0 aliphatic carbocycles. The molecule has 1 N–H and O–H groups in total. The highest BCUT2D eigenvalue weighted by atomic mass is 32.2. The fraction of sp³-hybridized carbons (Fsp3) is 0.350. The van der Waals surface area contributed by atoms with E-state index in [9.17, 15) is 26.4 Å². The fourth-order valence-electron chi connectivity index (χ4n) is 2.82. The van der Waals surface area contributed by atoms with Gasteiger partial charge in [0.25, 0.3) is 0 Å². The second-order valence-electron chi connectivity index (χ2n) is 6.78. The highest BCUT2D eigenvalue weighted by molar-refractivity contribution is 7.92. The predicted octanol–water partition coefficient (Wildman–Crippen LogP) is 4.39. The average molecular weight is 444 g/mol. The van der Waals surface area contributed by atoms with E-state index in [4.69, 9.17) is 0 Å². The van der Waals surface area contributed by atoms with Gasteiger partial charge in [-0.05, 0) is 61.7 Å². The number of hydrogen-bond donors (Lipinski definition) is 1. The molecule has 0 atom stereocenters. The van der Waals surface area contributed by atoms with Crippen molar-refractivity contribution in [2.75, 3.05) is 22.4 Å². The average Bonchev–Trinajstić information content (AvgIpc) is 2.61. The van der Waals surface area contributed by atoms with Gasteiger partial charge in [-0.15, -0.1) is 13.2 Å². The van der Waals surface area contributed by atoms with E-state index < -0.39 is 22.1 Å². The van der Waals surface area contributed by atoms with Crippen LogP contribution in [0.25, 0.3) is 0 Å². The Kier molecular flexibility index (Phi) is 7.35. The molecule has 0 fully saturated rings. The fourth-order valence-corrected chi connectivity index (χ4v) is 3.83. The maximum Gasteiger partial charge on any atom is 0.573 e. The van der Waals surface area contributed by atoms with Crippen molar-refractivity contribution in [1.29, 1.82) is 0 Å². The highest BCUT2D eigenvalue weighted by Crippen LogP contribution is 2.26. The number of anilines is 2. The number of halogens is 3. The lowest BCUT2D eigenvalue weighted by molar-refractivity contribution is -0.274. The number of hydrogen-bond acceptors (Lipinski definition) is 4. The number of nitrogens with zero attached hydrogens (tertiary/aromatic N) is 1. The van der Waals surface area contributed by atoms with Crippen LogP contribution < -0.4 is 14.4 Å². The van der Waals surface area contributed by atoms with Gasteiger partial charge in [0.15, 0.2) is 0 Å². The summed E-state index contributed by atoms with van der Waals surface area (Å²) >= 11 is 0. The third kappa shape index (κ3) is 6.94. The molecule has 10 heteroatoms. The summed E-state index contributed by atoms with van der Waals surface area (Å²) in [5.74, 6) is -0.772. The number of nitrogens with one attached hydrogen (secondary N) is 1. The number of sulfonamides is 1. The standard InChI is InChI=1S/C20H23F3N2O4S/c1-14-6-4-7-18(15(14)2)25(30(3,27)28)13-5-8-19(26)24-16-9-11-17(12-10-16)29-20(21,22)23/h4,6-7,9-12H,5,8,13H2,1-3H3,(H,24,26). The Morgan fingerprint density at radius 1 is 1.10 bits per heavy atom. The molecule has 0 unspecified atom stereocenters. The van der Waals surface area contributed by atoms with Gasteiger partial charge in [0.05, 0.1) is 11.9 Å². The minimum absolute atomic E-state index is 0.0394. The van der Waals surface area contributed by atoms with Crippen LogP contribution in [-0.2, 0) is 14.8 Å². The molecule has 30 heavy (non-hydrogen) atoms. The third-order valence-corrected chi connectivity index (χ3v) is 5.56. The van der Waals surface area contributed by atoms with Gasteiger partial charge in [-0.2, -0.15) is 0 Å². The maximum absolute atomic E-state index is 12.2. The lowest BCUT2D eigenvalue weighted by Crippen LogP contribution is -2.32. The largest absolute Gasteiger partial charge is 0.573 e. The number of benzene rings is 2. The summed E-state index contributed by atoms with van der Waals surface area (Å²) in [6.07, 6.45) is -3.37. The van der Waals surface area contributed by atoms with Crippen LogP contribution in [0.1, 0.15) is 24.0 Å². The number of alkyl halides is 3. The summed E-state index contributed by atoms with van der Waals surface area (Å²) in [5, 5.41) is 2.56. The summed E-state index contributed by atoms with van der Waals surface area (Å²) in [7, 11) is -3.54. The van der Waals surface area contributed by atoms with Gasteiger partial charge in [-0.3, -0.25) is 9.10 Å². The molecule has 0 heterocycles. The van der Waals surface area contributed by atoms with Gasteiger partial charge >= 0.3 is 6.36 Å². The topological polar surface area (TPSA) is 75.7 Å². The number of aryl methyl sites for hydroxylation is 1. The molecular formula is C20H23F3N2O4S. The lowest BCUT2D eigenvalue weighted by Gasteiger charge is -2.24. The zero-order valence-electron chi connectivity index (χ0n) is 16.8. The van der Waals surface area contributed by atoms with Crippen molar-refractivity contribution in [3.05, 3.63) is 53.6 Å². The van der Waals surface area contributed by atoms with Crippen molar-refractivity contribution in [3.8, 4) is 5.75 Å². The zero-order valence-corrected chi connectivity index (χ0v) is 17.6. The molecule has 164 valence electrons. The van der Waals surface area contributed by atoms with Crippen molar-refractivity contribution >= 4 is 27.3 Å². The summed E-state index contributed by atoms with van der Waals surface area (Å²) < 4.78 is 66.0. The van der Waals surface area contributed by atoms with Gasteiger partial charge in [-0.1, -0.05) is 12.1 Å². The number of rotatable bonds is 8. The van der Waals surface area contributed by atoms with E-state index in [-0.39, 0.29) is 25.3 Å². The first kappa shape index (κ1) is 23.5. The van der Waals surface area contributed by atoms with Gasteiger partial charge in [0, 0.05) is 18.7 Å². The summed E-state index contributed by atoms with van der Waals surface area (Å²) in [5.41, 5.74) is 2.67. The normalized spacial score (nSPS) is 11.8. The maximum atomic E-state index is 12.2. The van der Waals surface area contributed by atoms with Crippen molar-refractivity contribution in [2.24, 2.45) is 0 Å². The Hall–Kier alpha value is -2.75. The molecule has 0 radical (unpaired) electrons.